The molecule has 0 saturated carbocycles. The van der Waals surface area contributed by atoms with Crippen LogP contribution in [0.15, 0.2) is 152 Å². The largest absolute Gasteiger partial charge is 0.489 e. The van der Waals surface area contributed by atoms with E-state index in [1.165, 1.54) is 34.7 Å². The van der Waals surface area contributed by atoms with E-state index >= 15 is 0 Å². The van der Waals surface area contributed by atoms with Gasteiger partial charge in [-0.1, -0.05) is 72.8 Å². The lowest BCUT2D eigenvalue weighted by atomic mass is 10.1. The Bertz CT molecular complexity index is 2680. The van der Waals surface area contributed by atoms with Gasteiger partial charge in [-0.25, -0.2) is 9.78 Å². The van der Waals surface area contributed by atoms with Crippen LogP contribution in [0.4, 0.5) is 0 Å². The fraction of sp³-hybridized carbons (Fsp3) is 0.0652. The van der Waals surface area contributed by atoms with Crippen LogP contribution in [0.25, 0.3) is 55.0 Å². The lowest BCUT2D eigenvalue weighted by Crippen LogP contribution is -2.07. The molecule has 262 valence electrons. The highest BCUT2D eigenvalue weighted by molar-refractivity contribution is 6.10. The summed E-state index contributed by atoms with van der Waals surface area (Å²) in [5.74, 6) is -0.682. The van der Waals surface area contributed by atoms with Crippen molar-refractivity contribution in [1.82, 2.24) is 14.1 Å². The summed E-state index contributed by atoms with van der Waals surface area (Å²) in [6.45, 7) is 1.73. The highest BCUT2D eigenvalue weighted by atomic mass is 16.5. The monoisotopic (exact) mass is 707 g/mol. The number of aromatic carboxylic acids is 1. The van der Waals surface area contributed by atoms with Crippen molar-refractivity contribution in [3.05, 3.63) is 174 Å². The molecule has 0 radical (unpaired) electrons. The third-order valence-corrected chi connectivity index (χ3v) is 9.78. The summed E-state index contributed by atoms with van der Waals surface area (Å²) in [5.41, 5.74) is 8.24. The molecule has 0 aliphatic heterocycles. The number of nitrogens with zero attached hydrogens (tertiary/aromatic N) is 3. The van der Waals surface area contributed by atoms with Gasteiger partial charge in [0.1, 0.15) is 19.0 Å². The predicted octanol–water partition coefficient (Wildman–Crippen LogP) is 10.3. The Balaban J connectivity index is 1.16. The van der Waals surface area contributed by atoms with E-state index in [4.69, 9.17) is 9.47 Å². The number of ether oxygens (including phenoxy) is 2. The zero-order valence-electron chi connectivity index (χ0n) is 29.3. The number of benzene rings is 6. The molecule has 0 aliphatic carbocycles. The van der Waals surface area contributed by atoms with Crippen LogP contribution in [0.5, 0.6) is 11.5 Å². The molecule has 0 saturated heterocycles. The minimum absolute atomic E-state index is 0.0185. The Morgan fingerprint density at radius 2 is 1.06 bits per heavy atom. The van der Waals surface area contributed by atoms with Crippen molar-refractivity contribution < 1.29 is 24.2 Å². The molecule has 54 heavy (non-hydrogen) atoms. The van der Waals surface area contributed by atoms with Gasteiger partial charge in [0.15, 0.2) is 17.2 Å². The van der Waals surface area contributed by atoms with Gasteiger partial charge in [0.05, 0.1) is 22.1 Å². The van der Waals surface area contributed by atoms with Gasteiger partial charge in [-0.15, -0.1) is 0 Å². The quantitative estimate of drug-likeness (QED) is 0.142. The summed E-state index contributed by atoms with van der Waals surface area (Å²) in [5, 5.41) is 14.2. The fourth-order valence-electron chi connectivity index (χ4n) is 7.43. The third kappa shape index (κ3) is 5.80. The molecular formula is C46H33N3O5. The zero-order chi connectivity index (χ0) is 36.8. The minimum atomic E-state index is -1.18. The number of hydrogen-bond acceptors (Lipinski definition) is 5. The molecular weight excluding hydrogens is 675 g/mol. The first-order valence-corrected chi connectivity index (χ1v) is 17.6. The first-order valence-electron chi connectivity index (χ1n) is 17.6. The summed E-state index contributed by atoms with van der Waals surface area (Å²) < 4.78 is 17.0. The van der Waals surface area contributed by atoms with Crippen molar-refractivity contribution in [2.24, 2.45) is 0 Å². The van der Waals surface area contributed by atoms with Crippen molar-refractivity contribution in [2.75, 3.05) is 0 Å². The molecule has 0 spiro atoms. The van der Waals surface area contributed by atoms with Crippen LogP contribution in [0.2, 0.25) is 0 Å². The topological polar surface area (TPSA) is 95.6 Å². The molecule has 0 aliphatic rings. The van der Waals surface area contributed by atoms with Gasteiger partial charge in [-0.05, 0) is 90.8 Å². The third-order valence-electron chi connectivity index (χ3n) is 9.78. The summed E-state index contributed by atoms with van der Waals surface area (Å²) >= 11 is 0. The second kappa shape index (κ2) is 13.4. The van der Waals surface area contributed by atoms with Gasteiger partial charge in [-0.2, -0.15) is 0 Å². The van der Waals surface area contributed by atoms with Crippen molar-refractivity contribution >= 4 is 55.4 Å². The maximum atomic E-state index is 12.6. The molecule has 8 heteroatoms. The highest BCUT2D eigenvalue weighted by Crippen LogP contribution is 2.36. The van der Waals surface area contributed by atoms with E-state index < -0.39 is 5.97 Å². The summed E-state index contributed by atoms with van der Waals surface area (Å²) in [4.78, 5) is 28.3. The minimum Gasteiger partial charge on any atom is -0.489 e. The van der Waals surface area contributed by atoms with Gasteiger partial charge >= 0.3 is 5.97 Å². The average molecular weight is 708 g/mol. The molecule has 0 amide bonds. The number of carboxylic acids is 1. The van der Waals surface area contributed by atoms with E-state index in [9.17, 15) is 14.7 Å². The molecule has 9 aromatic rings. The van der Waals surface area contributed by atoms with E-state index in [0.717, 1.165) is 39.0 Å². The molecule has 0 fully saturated rings. The van der Waals surface area contributed by atoms with E-state index in [1.54, 1.807) is 24.3 Å². The first kappa shape index (κ1) is 32.7. The molecule has 0 atom stereocenters. The smallest absolute Gasteiger partial charge is 0.358 e. The Morgan fingerprint density at radius 1 is 0.574 bits per heavy atom. The number of fused-ring (bicyclic) bond motifs is 6. The van der Waals surface area contributed by atoms with Crippen molar-refractivity contribution in [3.63, 3.8) is 0 Å². The maximum absolute atomic E-state index is 12.6. The van der Waals surface area contributed by atoms with E-state index in [-0.39, 0.29) is 30.4 Å². The molecule has 8 nitrogen and oxygen atoms in total. The number of carboxylic acid groups (broad SMARTS) is 1. The number of carbonyl (C=O) groups excluding carboxylic acids is 1. The summed E-state index contributed by atoms with van der Waals surface area (Å²) in [7, 11) is 0. The molecule has 6 aromatic carbocycles. The molecule has 3 aromatic heterocycles. The summed E-state index contributed by atoms with van der Waals surface area (Å²) in [6, 6.07) is 48.8. The second-order valence-corrected chi connectivity index (χ2v) is 13.3. The molecule has 9 rings (SSSR count). The van der Waals surface area contributed by atoms with Crippen molar-refractivity contribution in [2.45, 2.75) is 20.1 Å². The normalized spacial score (nSPS) is 11.4. The molecule has 3 heterocycles. The Hall–Kier alpha value is -7.19. The fourth-order valence-corrected chi connectivity index (χ4v) is 7.43. The Kier molecular flexibility index (Phi) is 8.12. The van der Waals surface area contributed by atoms with E-state index in [1.807, 2.05) is 6.07 Å². The number of carbonyl (C=O) groups is 2. The van der Waals surface area contributed by atoms with Gasteiger partial charge in [0, 0.05) is 44.7 Å². The van der Waals surface area contributed by atoms with Gasteiger partial charge in [0.25, 0.3) is 0 Å². The van der Waals surface area contributed by atoms with Crippen LogP contribution in [-0.4, -0.2) is 31.0 Å². The second-order valence-electron chi connectivity index (χ2n) is 13.3. The van der Waals surface area contributed by atoms with E-state index in [0.29, 0.717) is 16.9 Å². The van der Waals surface area contributed by atoms with Crippen molar-refractivity contribution in [1.29, 1.82) is 0 Å². The van der Waals surface area contributed by atoms with Crippen LogP contribution in [0.3, 0.4) is 0 Å². The lowest BCUT2D eigenvalue weighted by molar-refractivity contribution is 0.0684. The zero-order valence-corrected chi connectivity index (χ0v) is 29.3. The lowest BCUT2D eigenvalue weighted by Gasteiger charge is -2.16. The maximum Gasteiger partial charge on any atom is 0.358 e. The number of hydrogen-bond donors (Lipinski definition) is 1. The first-order chi connectivity index (χ1) is 26.4. The van der Waals surface area contributed by atoms with Crippen LogP contribution in [0, 0.1) is 0 Å². The predicted molar refractivity (Wildman–Crippen MR) is 211 cm³/mol. The van der Waals surface area contributed by atoms with Crippen LogP contribution < -0.4 is 9.47 Å². The average Bonchev–Trinajstić information content (AvgIpc) is 3.72. The Labute approximate surface area is 310 Å². The van der Waals surface area contributed by atoms with Crippen molar-refractivity contribution in [3.8, 4) is 22.9 Å². The number of Topliss-reactive ketones (excluding diaryl/α,β-unsaturated/α-hetero) is 1. The van der Waals surface area contributed by atoms with Gasteiger partial charge in [-0.3, -0.25) is 4.79 Å². The number of para-hydroxylation sites is 4. The number of rotatable bonds is 10. The molecule has 0 bridgehead atoms. The summed E-state index contributed by atoms with van der Waals surface area (Å²) in [6.07, 6.45) is 1.40. The number of aromatic nitrogens is 3. The van der Waals surface area contributed by atoms with Crippen LogP contribution in [0.1, 0.15) is 38.9 Å². The standard InChI is InChI=1S/C46H33N3O5/c1-29(50)32-21-30(28-54-44-19-10-20-47-45(44)46(51)52)24-35(25-32)53-27-31-22-33(48-40-15-6-2-11-36(40)37-12-3-7-16-41(37)48)26-34(23-31)49-42-17-8-4-13-38(42)39-14-5-9-18-43(39)49/h2-26H,27-28H2,1H3,(H,51,52). The SMILES string of the molecule is CC(=O)c1cc(COc2cccnc2C(=O)O)cc(OCc2cc(-n3c4ccccc4c4ccccc43)cc(-n3c4ccccc4c4ccccc43)c2)c1. The number of ketones is 1. The van der Waals surface area contributed by atoms with E-state index in [2.05, 4.69) is 129 Å². The van der Waals surface area contributed by atoms with Gasteiger partial charge in [0.2, 0.25) is 0 Å². The number of pyridine rings is 1. The van der Waals surface area contributed by atoms with Gasteiger partial charge < -0.3 is 23.7 Å². The Morgan fingerprint density at radius 3 is 1.56 bits per heavy atom. The molecule has 1 N–H and O–H groups in total. The van der Waals surface area contributed by atoms with Crippen LogP contribution in [-0.2, 0) is 13.2 Å². The molecule has 0 unspecified atom stereocenters. The highest BCUT2D eigenvalue weighted by Gasteiger charge is 2.18. The van der Waals surface area contributed by atoms with Crippen LogP contribution >= 0.6 is 0 Å².